The number of nitrogens with zero attached hydrogens (tertiary/aromatic N) is 2. The van der Waals surface area contributed by atoms with Gasteiger partial charge in [0.15, 0.2) is 5.69 Å². The lowest BCUT2D eigenvalue weighted by Gasteiger charge is -2.04. The molecule has 9 heteroatoms. The highest BCUT2D eigenvalue weighted by Crippen LogP contribution is 2.33. The molecule has 1 heterocycles. The molecule has 0 radical (unpaired) electrons. The van der Waals surface area contributed by atoms with Gasteiger partial charge in [-0.3, -0.25) is 4.79 Å². The molecule has 0 aliphatic rings. The highest BCUT2D eigenvalue weighted by atomic mass is 32.1. The number of halogens is 3. The van der Waals surface area contributed by atoms with E-state index >= 15 is 0 Å². The first-order valence-corrected chi connectivity index (χ1v) is 4.69. The number of alkyl halides is 3. The molecule has 0 bridgehead atoms. The third kappa shape index (κ3) is 2.69. The first kappa shape index (κ1) is 12.4. The van der Waals surface area contributed by atoms with E-state index < -0.39 is 22.7 Å². The number of amides is 1. The lowest BCUT2D eigenvalue weighted by Crippen LogP contribution is -2.23. The topological polar surface area (TPSA) is 74.6 Å². The predicted molar refractivity (Wildman–Crippen MR) is 49.6 cm³/mol. The summed E-state index contributed by atoms with van der Waals surface area (Å²) in [6, 6.07) is 0. The van der Waals surface area contributed by atoms with Gasteiger partial charge in [-0.25, -0.2) is 4.98 Å². The van der Waals surface area contributed by atoms with Crippen molar-refractivity contribution in [2.24, 2.45) is 5.16 Å². The van der Waals surface area contributed by atoms with Gasteiger partial charge in [0.25, 0.3) is 5.91 Å². The standard InChI is InChI=1S/C7H6F3N3O2S/c1-3-13-5(7(8,9)10)4(16-3)6(14)11-2-12-15/h2,15H,1H3,(H,11,12,14). The molecule has 0 saturated carbocycles. The van der Waals surface area contributed by atoms with Gasteiger partial charge in [0.1, 0.15) is 11.2 Å². The van der Waals surface area contributed by atoms with Crippen LogP contribution >= 0.6 is 11.3 Å². The second kappa shape index (κ2) is 4.47. The fourth-order valence-corrected chi connectivity index (χ4v) is 1.77. The normalized spacial score (nSPS) is 12.0. The Labute approximate surface area is 91.6 Å². The van der Waals surface area contributed by atoms with Gasteiger partial charge in [-0.1, -0.05) is 5.16 Å². The van der Waals surface area contributed by atoms with Gasteiger partial charge >= 0.3 is 6.18 Å². The lowest BCUT2D eigenvalue weighted by molar-refractivity contribution is -0.141. The summed E-state index contributed by atoms with van der Waals surface area (Å²) in [7, 11) is 0. The van der Waals surface area contributed by atoms with Crippen LogP contribution in [0.2, 0.25) is 0 Å². The summed E-state index contributed by atoms with van der Waals surface area (Å²) < 4.78 is 37.3. The van der Waals surface area contributed by atoms with Crippen LogP contribution in [0.1, 0.15) is 20.4 Å². The molecule has 1 amide bonds. The molecule has 0 aromatic carbocycles. The zero-order chi connectivity index (χ0) is 12.3. The molecule has 5 nitrogen and oxygen atoms in total. The zero-order valence-corrected chi connectivity index (χ0v) is 8.69. The highest BCUT2D eigenvalue weighted by molar-refractivity contribution is 7.13. The minimum atomic E-state index is -4.69. The number of aromatic nitrogens is 1. The van der Waals surface area contributed by atoms with Crippen molar-refractivity contribution in [2.75, 3.05) is 0 Å². The van der Waals surface area contributed by atoms with E-state index in [1.54, 1.807) is 0 Å². The summed E-state index contributed by atoms with van der Waals surface area (Å²) >= 11 is 0.613. The van der Waals surface area contributed by atoms with Gasteiger partial charge in [-0.05, 0) is 6.92 Å². The molecule has 88 valence electrons. The SMILES string of the molecule is Cc1nc(C(F)(F)F)c(C(=O)N/C=N/O)s1. The van der Waals surface area contributed by atoms with Gasteiger partial charge < -0.3 is 10.5 Å². The Morgan fingerprint density at radius 3 is 2.75 bits per heavy atom. The van der Waals surface area contributed by atoms with Crippen LogP contribution in [-0.2, 0) is 6.18 Å². The van der Waals surface area contributed by atoms with E-state index in [0.717, 1.165) is 0 Å². The maximum absolute atomic E-state index is 12.4. The van der Waals surface area contributed by atoms with Crippen LogP contribution in [0.25, 0.3) is 0 Å². The van der Waals surface area contributed by atoms with Crippen molar-refractivity contribution in [1.82, 2.24) is 10.3 Å². The van der Waals surface area contributed by atoms with Crippen molar-refractivity contribution >= 4 is 23.6 Å². The van der Waals surface area contributed by atoms with E-state index in [2.05, 4.69) is 10.1 Å². The summed E-state index contributed by atoms with van der Waals surface area (Å²) in [6.45, 7) is 1.36. The van der Waals surface area contributed by atoms with Gasteiger partial charge in [0.05, 0.1) is 5.01 Å². The molecule has 2 N–H and O–H groups in total. The van der Waals surface area contributed by atoms with E-state index in [1.165, 1.54) is 6.92 Å². The summed E-state index contributed by atoms with van der Waals surface area (Å²) in [5, 5.41) is 12.5. The van der Waals surface area contributed by atoms with E-state index in [9.17, 15) is 18.0 Å². The second-order valence-corrected chi connectivity index (χ2v) is 3.83. The first-order valence-electron chi connectivity index (χ1n) is 3.87. The fraction of sp³-hybridized carbons (Fsp3) is 0.286. The molecule has 0 spiro atoms. The Kier molecular flexibility index (Phi) is 3.48. The number of nitrogens with one attached hydrogen (secondary N) is 1. The van der Waals surface area contributed by atoms with Crippen LogP contribution in [0.15, 0.2) is 5.16 Å². The molecule has 0 aliphatic carbocycles. The van der Waals surface area contributed by atoms with Crippen LogP contribution < -0.4 is 5.32 Å². The fourth-order valence-electron chi connectivity index (χ4n) is 0.926. The lowest BCUT2D eigenvalue weighted by atomic mass is 10.3. The van der Waals surface area contributed by atoms with Gasteiger partial charge in [0, 0.05) is 0 Å². The third-order valence-corrected chi connectivity index (χ3v) is 2.43. The largest absolute Gasteiger partial charge is 0.435 e. The molecule has 0 atom stereocenters. The Morgan fingerprint density at radius 1 is 1.62 bits per heavy atom. The molecule has 0 unspecified atom stereocenters. The third-order valence-electron chi connectivity index (χ3n) is 1.46. The van der Waals surface area contributed by atoms with Crippen molar-refractivity contribution < 1.29 is 23.2 Å². The number of carbonyl (C=O) groups excluding carboxylic acids is 1. The average Bonchev–Trinajstić information content (AvgIpc) is 2.56. The number of carbonyl (C=O) groups is 1. The summed E-state index contributed by atoms with van der Waals surface area (Å²) in [6.07, 6.45) is -4.11. The summed E-state index contributed by atoms with van der Waals surface area (Å²) in [4.78, 5) is 13.9. The minimum absolute atomic E-state index is 0.124. The van der Waals surface area contributed by atoms with E-state index in [-0.39, 0.29) is 5.01 Å². The number of hydrogen-bond donors (Lipinski definition) is 2. The average molecular weight is 253 g/mol. The highest BCUT2D eigenvalue weighted by Gasteiger charge is 2.39. The van der Waals surface area contributed by atoms with Crippen LogP contribution in [0.4, 0.5) is 13.2 Å². The van der Waals surface area contributed by atoms with Crippen LogP contribution in [-0.4, -0.2) is 22.4 Å². The summed E-state index contributed by atoms with van der Waals surface area (Å²) in [5.41, 5.74) is -1.24. The zero-order valence-electron chi connectivity index (χ0n) is 7.87. The molecule has 1 aromatic rings. The second-order valence-electron chi connectivity index (χ2n) is 2.63. The maximum atomic E-state index is 12.4. The van der Waals surface area contributed by atoms with Crippen molar-refractivity contribution in [3.8, 4) is 0 Å². The van der Waals surface area contributed by atoms with Crippen molar-refractivity contribution in [3.63, 3.8) is 0 Å². The van der Waals surface area contributed by atoms with Gasteiger partial charge in [0.2, 0.25) is 0 Å². The van der Waals surface area contributed by atoms with E-state index in [0.29, 0.717) is 17.7 Å². The molecule has 0 aliphatic heterocycles. The van der Waals surface area contributed by atoms with Crippen LogP contribution in [0.5, 0.6) is 0 Å². The predicted octanol–water partition coefficient (Wildman–Crippen LogP) is 1.62. The molecule has 0 saturated heterocycles. The smallest absolute Gasteiger partial charge is 0.410 e. The van der Waals surface area contributed by atoms with Gasteiger partial charge in [-0.15, -0.1) is 11.3 Å². The maximum Gasteiger partial charge on any atom is 0.435 e. The van der Waals surface area contributed by atoms with Crippen LogP contribution in [0, 0.1) is 6.92 Å². The Hall–Kier alpha value is -1.64. The molecular formula is C7H6F3N3O2S. The van der Waals surface area contributed by atoms with E-state index in [4.69, 9.17) is 5.21 Å². The quantitative estimate of drug-likeness (QED) is 0.364. The Bertz CT molecular complexity index is 427. The molecule has 16 heavy (non-hydrogen) atoms. The van der Waals surface area contributed by atoms with Crippen LogP contribution in [0.3, 0.4) is 0 Å². The van der Waals surface area contributed by atoms with Crippen molar-refractivity contribution in [2.45, 2.75) is 13.1 Å². The summed E-state index contributed by atoms with van der Waals surface area (Å²) in [5.74, 6) is -1.02. The number of rotatable bonds is 2. The molecule has 0 fully saturated rings. The van der Waals surface area contributed by atoms with E-state index in [1.807, 2.05) is 5.32 Å². The number of thiazole rings is 1. The Morgan fingerprint density at radius 2 is 2.25 bits per heavy atom. The molecule has 1 aromatic heterocycles. The van der Waals surface area contributed by atoms with Crippen molar-refractivity contribution in [3.05, 3.63) is 15.6 Å². The molecule has 1 rings (SSSR count). The number of oxime groups is 1. The van der Waals surface area contributed by atoms with Crippen molar-refractivity contribution in [1.29, 1.82) is 0 Å². The number of aryl methyl sites for hydroxylation is 1. The first-order chi connectivity index (χ1) is 7.36. The molecular weight excluding hydrogens is 247 g/mol. The monoisotopic (exact) mass is 253 g/mol. The number of hydrogen-bond acceptors (Lipinski definition) is 5. The van der Waals surface area contributed by atoms with Gasteiger partial charge in [-0.2, -0.15) is 13.2 Å². The Balaban J connectivity index is 3.08. The minimum Gasteiger partial charge on any atom is -0.410 e.